The van der Waals surface area contributed by atoms with Gasteiger partial charge in [0.1, 0.15) is 5.75 Å². The summed E-state index contributed by atoms with van der Waals surface area (Å²) in [6.45, 7) is 1.62. The number of nitrogens with one attached hydrogen (secondary N) is 1. The zero-order valence-corrected chi connectivity index (χ0v) is 10.8. The van der Waals surface area contributed by atoms with E-state index in [1.165, 1.54) is 12.4 Å². The Balaban J connectivity index is 1.95. The predicted molar refractivity (Wildman–Crippen MR) is 71.9 cm³/mol. The molecule has 0 bridgehead atoms. The zero-order chi connectivity index (χ0) is 14.4. The number of nitrogens with zero attached hydrogens (tertiary/aromatic N) is 3. The summed E-state index contributed by atoms with van der Waals surface area (Å²) in [6.07, 6.45) is 2.37. The number of carbonyl (C=O) groups is 1. The van der Waals surface area contributed by atoms with Crippen molar-refractivity contribution in [3.05, 3.63) is 48.3 Å². The van der Waals surface area contributed by atoms with Crippen LogP contribution in [0.3, 0.4) is 0 Å². The third-order valence-electron chi connectivity index (χ3n) is 2.47. The molecule has 0 aliphatic carbocycles. The second kappa shape index (κ2) is 6.29. The van der Waals surface area contributed by atoms with Crippen molar-refractivity contribution in [1.29, 1.82) is 5.26 Å². The molecule has 6 nitrogen and oxygen atoms in total. The highest BCUT2D eigenvalue weighted by atomic mass is 16.5. The Morgan fingerprint density at radius 2 is 1.95 bits per heavy atom. The van der Waals surface area contributed by atoms with Crippen molar-refractivity contribution < 1.29 is 9.53 Å². The molecule has 2 rings (SSSR count). The molecular formula is C14H12N4O2. The maximum atomic E-state index is 11.9. The van der Waals surface area contributed by atoms with Gasteiger partial charge in [0.15, 0.2) is 6.10 Å². The molecule has 0 saturated heterocycles. The maximum Gasteiger partial charge on any atom is 0.267 e. The Bertz CT molecular complexity index is 620. The van der Waals surface area contributed by atoms with Crippen LogP contribution >= 0.6 is 0 Å². The number of carbonyl (C=O) groups excluding carboxylic acids is 1. The van der Waals surface area contributed by atoms with Gasteiger partial charge in [0.05, 0.1) is 11.6 Å². The average Bonchev–Trinajstić information content (AvgIpc) is 2.49. The fraction of sp³-hybridized carbons (Fsp3) is 0.143. The van der Waals surface area contributed by atoms with E-state index in [2.05, 4.69) is 15.3 Å². The summed E-state index contributed by atoms with van der Waals surface area (Å²) in [5.41, 5.74) is 0.534. The van der Waals surface area contributed by atoms with Crippen molar-refractivity contribution in [3.63, 3.8) is 0 Å². The van der Waals surface area contributed by atoms with Gasteiger partial charge in [-0.05, 0) is 37.3 Å². The van der Waals surface area contributed by atoms with E-state index in [9.17, 15) is 4.79 Å². The number of nitriles is 1. The Hall–Kier alpha value is -2.94. The van der Waals surface area contributed by atoms with E-state index in [-0.39, 0.29) is 11.9 Å². The maximum absolute atomic E-state index is 11.9. The fourth-order valence-electron chi connectivity index (χ4n) is 1.44. The number of rotatable bonds is 4. The summed E-state index contributed by atoms with van der Waals surface area (Å²) < 4.78 is 5.47. The molecule has 0 radical (unpaired) electrons. The minimum Gasteiger partial charge on any atom is -0.481 e. The fourth-order valence-corrected chi connectivity index (χ4v) is 1.44. The molecule has 2 aromatic rings. The van der Waals surface area contributed by atoms with Crippen LogP contribution in [0.25, 0.3) is 0 Å². The highest BCUT2D eigenvalue weighted by molar-refractivity contribution is 5.92. The van der Waals surface area contributed by atoms with E-state index in [0.717, 1.165) is 0 Å². The quantitative estimate of drug-likeness (QED) is 0.912. The Labute approximate surface area is 116 Å². The molecule has 0 saturated carbocycles. The first-order valence-electron chi connectivity index (χ1n) is 5.94. The van der Waals surface area contributed by atoms with Gasteiger partial charge in [0.25, 0.3) is 5.91 Å². The molecule has 1 heterocycles. The molecule has 0 aliphatic heterocycles. The molecule has 0 fully saturated rings. The van der Waals surface area contributed by atoms with Gasteiger partial charge in [-0.15, -0.1) is 0 Å². The van der Waals surface area contributed by atoms with Crippen LogP contribution in [0.1, 0.15) is 12.5 Å². The molecule has 1 amide bonds. The van der Waals surface area contributed by atoms with Gasteiger partial charge in [-0.2, -0.15) is 5.26 Å². The van der Waals surface area contributed by atoms with Crippen molar-refractivity contribution >= 4 is 11.9 Å². The predicted octanol–water partition coefficient (Wildman–Crippen LogP) is 1.75. The van der Waals surface area contributed by atoms with Crippen LogP contribution in [-0.4, -0.2) is 22.0 Å². The number of hydrogen-bond acceptors (Lipinski definition) is 5. The third-order valence-corrected chi connectivity index (χ3v) is 2.47. The topological polar surface area (TPSA) is 87.9 Å². The van der Waals surface area contributed by atoms with E-state index in [1.54, 1.807) is 37.3 Å². The SMILES string of the molecule is C[C@H](Oc1ccc(C#N)cc1)C(=O)Nc1ncccn1. The van der Waals surface area contributed by atoms with Crippen LogP contribution in [0.5, 0.6) is 5.75 Å². The molecule has 1 atom stereocenters. The number of benzene rings is 1. The Morgan fingerprint density at radius 1 is 1.30 bits per heavy atom. The molecule has 1 N–H and O–H groups in total. The average molecular weight is 268 g/mol. The van der Waals surface area contributed by atoms with Crippen LogP contribution < -0.4 is 10.1 Å². The molecule has 0 unspecified atom stereocenters. The van der Waals surface area contributed by atoms with Gasteiger partial charge in [0, 0.05) is 12.4 Å². The first-order valence-corrected chi connectivity index (χ1v) is 5.94. The van der Waals surface area contributed by atoms with Crippen molar-refractivity contribution in [1.82, 2.24) is 9.97 Å². The molecule has 0 aliphatic rings. The van der Waals surface area contributed by atoms with Crippen LogP contribution in [0.2, 0.25) is 0 Å². The number of ether oxygens (including phenoxy) is 1. The summed E-state index contributed by atoms with van der Waals surface area (Å²) in [6, 6.07) is 10.2. The molecular weight excluding hydrogens is 256 g/mol. The minimum atomic E-state index is -0.702. The van der Waals surface area contributed by atoms with Crippen LogP contribution in [0, 0.1) is 11.3 Å². The normalized spacial score (nSPS) is 11.2. The number of anilines is 1. The van der Waals surface area contributed by atoms with Gasteiger partial charge >= 0.3 is 0 Å². The van der Waals surface area contributed by atoms with Crippen LogP contribution in [-0.2, 0) is 4.79 Å². The van der Waals surface area contributed by atoms with E-state index in [0.29, 0.717) is 11.3 Å². The van der Waals surface area contributed by atoms with Crippen molar-refractivity contribution in [3.8, 4) is 11.8 Å². The van der Waals surface area contributed by atoms with Gasteiger partial charge < -0.3 is 4.74 Å². The summed E-state index contributed by atoms with van der Waals surface area (Å²) in [5, 5.41) is 11.2. The van der Waals surface area contributed by atoms with E-state index >= 15 is 0 Å². The standard InChI is InChI=1S/C14H12N4O2/c1-10(13(19)18-14-16-7-2-8-17-14)20-12-5-3-11(9-15)4-6-12/h2-8,10H,1H3,(H,16,17,18,19)/t10-/m0/s1. The van der Waals surface area contributed by atoms with E-state index in [1.807, 2.05) is 6.07 Å². The summed E-state index contributed by atoms with van der Waals surface area (Å²) in [5.74, 6) is 0.397. The lowest BCUT2D eigenvalue weighted by molar-refractivity contribution is -0.122. The summed E-state index contributed by atoms with van der Waals surface area (Å²) in [7, 11) is 0. The van der Waals surface area contributed by atoms with Gasteiger partial charge in [-0.1, -0.05) is 0 Å². The Kier molecular flexibility index (Phi) is 4.24. The van der Waals surface area contributed by atoms with Gasteiger partial charge in [-0.3, -0.25) is 10.1 Å². The molecule has 20 heavy (non-hydrogen) atoms. The molecule has 100 valence electrons. The Morgan fingerprint density at radius 3 is 2.55 bits per heavy atom. The van der Waals surface area contributed by atoms with Crippen LogP contribution in [0.15, 0.2) is 42.7 Å². The first-order chi connectivity index (χ1) is 9.69. The van der Waals surface area contributed by atoms with E-state index < -0.39 is 6.10 Å². The third kappa shape index (κ3) is 3.53. The number of aromatic nitrogens is 2. The summed E-state index contributed by atoms with van der Waals surface area (Å²) >= 11 is 0. The molecule has 0 spiro atoms. The van der Waals surface area contributed by atoms with Crippen molar-refractivity contribution in [2.45, 2.75) is 13.0 Å². The number of hydrogen-bond donors (Lipinski definition) is 1. The van der Waals surface area contributed by atoms with Crippen LogP contribution in [0.4, 0.5) is 5.95 Å². The monoisotopic (exact) mass is 268 g/mol. The second-order valence-corrected chi connectivity index (χ2v) is 3.96. The van der Waals surface area contributed by atoms with Gasteiger partial charge in [0.2, 0.25) is 5.95 Å². The largest absolute Gasteiger partial charge is 0.481 e. The summed E-state index contributed by atoms with van der Waals surface area (Å²) in [4.78, 5) is 19.7. The molecule has 6 heteroatoms. The van der Waals surface area contributed by atoms with Crippen molar-refractivity contribution in [2.24, 2.45) is 0 Å². The zero-order valence-electron chi connectivity index (χ0n) is 10.8. The second-order valence-electron chi connectivity index (χ2n) is 3.96. The minimum absolute atomic E-state index is 0.229. The van der Waals surface area contributed by atoms with Gasteiger partial charge in [-0.25, -0.2) is 9.97 Å². The smallest absolute Gasteiger partial charge is 0.267 e. The van der Waals surface area contributed by atoms with Crippen molar-refractivity contribution in [2.75, 3.05) is 5.32 Å². The number of amides is 1. The highest BCUT2D eigenvalue weighted by Gasteiger charge is 2.15. The lowest BCUT2D eigenvalue weighted by atomic mass is 10.2. The lowest BCUT2D eigenvalue weighted by Crippen LogP contribution is -2.30. The lowest BCUT2D eigenvalue weighted by Gasteiger charge is -2.13. The molecule has 1 aromatic carbocycles. The molecule has 1 aromatic heterocycles. The van der Waals surface area contributed by atoms with E-state index in [4.69, 9.17) is 10.00 Å². The highest BCUT2D eigenvalue weighted by Crippen LogP contribution is 2.13. The first kappa shape index (κ1) is 13.5.